The van der Waals surface area contributed by atoms with Crippen LogP contribution in [0.15, 0.2) is 37.7 Å². The Morgan fingerprint density at radius 2 is 2.29 bits per heavy atom. The molecule has 7 nitrogen and oxygen atoms in total. The highest BCUT2D eigenvalue weighted by Crippen LogP contribution is 2.25. The van der Waals surface area contributed by atoms with Crippen LogP contribution in [0.25, 0.3) is 10.6 Å². The van der Waals surface area contributed by atoms with Crippen molar-refractivity contribution in [2.75, 3.05) is 0 Å². The van der Waals surface area contributed by atoms with Crippen molar-refractivity contribution in [2.24, 2.45) is 0 Å². The van der Waals surface area contributed by atoms with Gasteiger partial charge in [0.1, 0.15) is 17.3 Å². The number of thiophene rings is 1. The quantitative estimate of drug-likeness (QED) is 0.722. The van der Waals surface area contributed by atoms with Gasteiger partial charge in [-0.1, -0.05) is 11.2 Å². The highest BCUT2D eigenvalue weighted by Gasteiger charge is 2.23. The lowest BCUT2D eigenvalue weighted by molar-refractivity contribution is 0.420. The van der Waals surface area contributed by atoms with Crippen molar-refractivity contribution >= 4 is 11.3 Å². The molecule has 0 fully saturated rings. The van der Waals surface area contributed by atoms with E-state index in [0.717, 1.165) is 15.9 Å². The Morgan fingerprint density at radius 3 is 3.04 bits per heavy atom. The number of nitrogens with zero attached hydrogens (tertiary/aromatic N) is 4. The number of fused-ring (bicyclic) bond motifs is 1. The minimum Gasteiger partial charge on any atom is -0.355 e. The number of aromatic nitrogens is 3. The van der Waals surface area contributed by atoms with Gasteiger partial charge >= 0.3 is 5.69 Å². The van der Waals surface area contributed by atoms with Crippen LogP contribution in [0.2, 0.25) is 0 Å². The average Bonchev–Trinajstić information content (AvgIpc) is 3.31. The van der Waals surface area contributed by atoms with Crippen LogP contribution in [0.3, 0.4) is 0 Å². The van der Waals surface area contributed by atoms with E-state index in [1.165, 1.54) is 15.9 Å². The van der Waals surface area contributed by atoms with Gasteiger partial charge in [0.05, 0.1) is 11.4 Å². The Morgan fingerprint density at radius 1 is 1.42 bits per heavy atom. The SMILES string of the molecule is N#Cc1c2n(c(=O)n(Cc3cc(-c4cccs4)on3)c1=O)CCC2. The number of rotatable bonds is 3. The van der Waals surface area contributed by atoms with E-state index in [9.17, 15) is 14.9 Å². The Balaban J connectivity index is 1.78. The van der Waals surface area contributed by atoms with Crippen LogP contribution in [-0.2, 0) is 19.5 Å². The Labute approximate surface area is 140 Å². The third-order valence-corrected chi connectivity index (χ3v) is 4.97. The summed E-state index contributed by atoms with van der Waals surface area (Å²) in [5.41, 5.74) is 0.112. The molecule has 1 aliphatic rings. The predicted octanol–water partition coefficient (Wildman–Crippen LogP) is 1.59. The van der Waals surface area contributed by atoms with Gasteiger partial charge in [0.2, 0.25) is 0 Å². The van der Waals surface area contributed by atoms with Gasteiger partial charge in [0.15, 0.2) is 5.76 Å². The van der Waals surface area contributed by atoms with Gasteiger partial charge in [-0.25, -0.2) is 4.79 Å². The van der Waals surface area contributed by atoms with Crippen LogP contribution in [0, 0.1) is 11.3 Å². The van der Waals surface area contributed by atoms with Gasteiger partial charge in [-0.05, 0) is 24.3 Å². The molecule has 0 N–H and O–H groups in total. The normalized spacial score (nSPS) is 13.0. The second-order valence-electron chi connectivity index (χ2n) is 5.52. The van der Waals surface area contributed by atoms with Crippen molar-refractivity contribution in [3.8, 4) is 16.7 Å². The molecule has 0 radical (unpaired) electrons. The topological polar surface area (TPSA) is 93.8 Å². The molecule has 4 heterocycles. The van der Waals surface area contributed by atoms with Crippen LogP contribution in [0.5, 0.6) is 0 Å². The largest absolute Gasteiger partial charge is 0.355 e. The number of hydrogen-bond acceptors (Lipinski definition) is 6. The fourth-order valence-electron chi connectivity index (χ4n) is 2.97. The van der Waals surface area contributed by atoms with Crippen molar-refractivity contribution in [1.29, 1.82) is 5.26 Å². The summed E-state index contributed by atoms with van der Waals surface area (Å²) in [6.45, 7) is 0.518. The van der Waals surface area contributed by atoms with Crippen LogP contribution in [-0.4, -0.2) is 14.3 Å². The molecule has 0 aliphatic carbocycles. The molecule has 0 saturated carbocycles. The molecule has 0 aromatic carbocycles. The van der Waals surface area contributed by atoms with Crippen LogP contribution in [0.4, 0.5) is 0 Å². The molecular weight excluding hydrogens is 328 g/mol. The molecular formula is C16H12N4O3S. The van der Waals surface area contributed by atoms with E-state index in [2.05, 4.69) is 5.16 Å². The standard InChI is InChI=1S/C16H12N4O3S/c17-8-11-12-3-1-5-19(12)16(22)20(15(11)21)9-10-7-13(23-18-10)14-4-2-6-24-14/h2,4,6-7H,1,3,5,9H2. The predicted molar refractivity (Wildman–Crippen MR) is 86.9 cm³/mol. The summed E-state index contributed by atoms with van der Waals surface area (Å²) in [6.07, 6.45) is 1.35. The average molecular weight is 340 g/mol. The molecule has 0 bridgehead atoms. The van der Waals surface area contributed by atoms with Gasteiger partial charge in [0, 0.05) is 18.3 Å². The van der Waals surface area contributed by atoms with Gasteiger partial charge in [-0.2, -0.15) is 5.26 Å². The first-order valence-corrected chi connectivity index (χ1v) is 8.33. The molecule has 24 heavy (non-hydrogen) atoms. The molecule has 8 heteroatoms. The highest BCUT2D eigenvalue weighted by molar-refractivity contribution is 7.13. The maximum absolute atomic E-state index is 12.5. The summed E-state index contributed by atoms with van der Waals surface area (Å²) >= 11 is 1.51. The first-order valence-electron chi connectivity index (χ1n) is 7.45. The minimum absolute atomic E-state index is 0.0124. The van der Waals surface area contributed by atoms with E-state index >= 15 is 0 Å². The third-order valence-electron chi connectivity index (χ3n) is 4.09. The first-order chi connectivity index (χ1) is 11.7. The maximum Gasteiger partial charge on any atom is 0.331 e. The van der Waals surface area contributed by atoms with E-state index in [1.807, 2.05) is 23.6 Å². The second kappa shape index (κ2) is 5.62. The molecule has 120 valence electrons. The number of nitriles is 1. The lowest BCUT2D eigenvalue weighted by Crippen LogP contribution is -2.42. The van der Waals surface area contributed by atoms with Crippen molar-refractivity contribution < 1.29 is 4.52 Å². The van der Waals surface area contributed by atoms with Crippen molar-refractivity contribution in [1.82, 2.24) is 14.3 Å². The molecule has 0 amide bonds. The lowest BCUT2D eigenvalue weighted by atomic mass is 10.2. The fourth-order valence-corrected chi connectivity index (χ4v) is 3.64. The summed E-state index contributed by atoms with van der Waals surface area (Å²) in [4.78, 5) is 26.0. The Hall–Kier alpha value is -2.92. The zero-order valence-electron chi connectivity index (χ0n) is 12.6. The van der Waals surface area contributed by atoms with Gasteiger partial charge in [-0.3, -0.25) is 13.9 Å². The van der Waals surface area contributed by atoms with Crippen LogP contribution < -0.4 is 11.2 Å². The molecule has 3 aromatic heterocycles. The van der Waals surface area contributed by atoms with E-state index in [0.29, 0.717) is 30.1 Å². The zero-order valence-corrected chi connectivity index (χ0v) is 13.4. The molecule has 0 spiro atoms. The highest BCUT2D eigenvalue weighted by atomic mass is 32.1. The van der Waals surface area contributed by atoms with Gasteiger partial charge in [0.25, 0.3) is 5.56 Å². The van der Waals surface area contributed by atoms with Crippen LogP contribution >= 0.6 is 11.3 Å². The lowest BCUT2D eigenvalue weighted by Gasteiger charge is -2.09. The maximum atomic E-state index is 12.5. The van der Waals surface area contributed by atoms with Crippen molar-refractivity contribution in [3.63, 3.8) is 0 Å². The van der Waals surface area contributed by atoms with E-state index in [4.69, 9.17) is 4.52 Å². The van der Waals surface area contributed by atoms with E-state index in [-0.39, 0.29) is 12.1 Å². The zero-order chi connectivity index (χ0) is 16.7. The summed E-state index contributed by atoms with van der Waals surface area (Å²) in [6, 6.07) is 7.45. The molecule has 4 rings (SSSR count). The third kappa shape index (κ3) is 2.21. The summed E-state index contributed by atoms with van der Waals surface area (Å²) in [7, 11) is 0. The molecule has 0 atom stereocenters. The summed E-state index contributed by atoms with van der Waals surface area (Å²) < 4.78 is 7.85. The van der Waals surface area contributed by atoms with Crippen LogP contribution in [0.1, 0.15) is 23.4 Å². The summed E-state index contributed by atoms with van der Waals surface area (Å²) in [5, 5.41) is 15.1. The second-order valence-corrected chi connectivity index (χ2v) is 6.47. The Bertz CT molecular complexity index is 1070. The van der Waals surface area contributed by atoms with E-state index < -0.39 is 11.2 Å². The molecule has 1 aliphatic heterocycles. The van der Waals surface area contributed by atoms with Gasteiger partial charge < -0.3 is 4.52 Å². The molecule has 0 saturated heterocycles. The first kappa shape index (κ1) is 14.7. The minimum atomic E-state index is -0.559. The van der Waals surface area contributed by atoms with Crippen molar-refractivity contribution in [2.45, 2.75) is 25.9 Å². The Kier molecular flexibility index (Phi) is 3.43. The van der Waals surface area contributed by atoms with Crippen molar-refractivity contribution in [3.05, 3.63) is 61.4 Å². The monoisotopic (exact) mass is 340 g/mol. The molecule has 0 unspecified atom stereocenters. The van der Waals surface area contributed by atoms with E-state index in [1.54, 1.807) is 6.07 Å². The summed E-state index contributed by atoms with van der Waals surface area (Å²) in [5.74, 6) is 0.592. The van der Waals surface area contributed by atoms with Gasteiger partial charge in [-0.15, -0.1) is 11.3 Å². The smallest absolute Gasteiger partial charge is 0.331 e. The fraction of sp³-hybridized carbons (Fsp3) is 0.250. The molecule has 3 aromatic rings. The number of hydrogen-bond donors (Lipinski definition) is 0.